The summed E-state index contributed by atoms with van der Waals surface area (Å²) in [6.45, 7) is 0.880. The van der Waals surface area contributed by atoms with Gasteiger partial charge in [0.15, 0.2) is 5.78 Å². The van der Waals surface area contributed by atoms with Gasteiger partial charge in [0.05, 0.1) is 18.2 Å². The molecule has 0 saturated carbocycles. The number of alkyl halides is 3. The van der Waals surface area contributed by atoms with Gasteiger partial charge in [0.2, 0.25) is 0 Å². The predicted octanol–water partition coefficient (Wildman–Crippen LogP) is 5.54. The van der Waals surface area contributed by atoms with Crippen LogP contribution in [0.2, 0.25) is 0 Å². The van der Waals surface area contributed by atoms with E-state index >= 15 is 0 Å². The van der Waals surface area contributed by atoms with Crippen molar-refractivity contribution in [1.29, 1.82) is 0 Å². The fourth-order valence-electron chi connectivity index (χ4n) is 3.93. The quantitative estimate of drug-likeness (QED) is 0.541. The zero-order valence-electron chi connectivity index (χ0n) is 15.7. The maximum absolute atomic E-state index is 13.0. The fourth-order valence-corrected chi connectivity index (χ4v) is 3.93. The number of fused-ring (bicyclic) bond motifs is 1. The molecule has 0 amide bonds. The lowest BCUT2D eigenvalue weighted by Gasteiger charge is -2.37. The molecular formula is C24H20F3NO. The summed E-state index contributed by atoms with van der Waals surface area (Å²) in [4.78, 5) is 14.9. The van der Waals surface area contributed by atoms with Gasteiger partial charge < -0.3 is 0 Å². The second-order valence-electron chi connectivity index (χ2n) is 7.23. The number of nitrogens with zero attached hydrogens (tertiary/aromatic N) is 1. The molecule has 0 radical (unpaired) electrons. The Labute approximate surface area is 167 Å². The highest BCUT2D eigenvalue weighted by atomic mass is 19.4. The molecular weight excluding hydrogens is 375 g/mol. The van der Waals surface area contributed by atoms with Crippen molar-refractivity contribution in [2.45, 2.75) is 18.6 Å². The van der Waals surface area contributed by atoms with Crippen molar-refractivity contribution in [1.82, 2.24) is 4.90 Å². The highest BCUT2D eigenvalue weighted by Gasteiger charge is 2.33. The normalized spacial score (nSPS) is 17.0. The highest BCUT2D eigenvalue weighted by molar-refractivity contribution is 5.97. The molecule has 0 fully saturated rings. The first-order valence-corrected chi connectivity index (χ1v) is 9.51. The van der Waals surface area contributed by atoms with E-state index in [2.05, 4.69) is 4.90 Å². The van der Waals surface area contributed by atoms with E-state index in [1.165, 1.54) is 17.7 Å². The Morgan fingerprint density at radius 1 is 0.897 bits per heavy atom. The summed E-state index contributed by atoms with van der Waals surface area (Å²) >= 11 is 0. The van der Waals surface area contributed by atoms with Gasteiger partial charge in [-0.15, -0.1) is 0 Å². The van der Waals surface area contributed by atoms with Gasteiger partial charge in [0, 0.05) is 12.1 Å². The third-order valence-electron chi connectivity index (χ3n) is 5.38. The minimum Gasteiger partial charge on any atom is -0.293 e. The van der Waals surface area contributed by atoms with Gasteiger partial charge >= 0.3 is 6.18 Å². The van der Waals surface area contributed by atoms with E-state index in [9.17, 15) is 18.0 Å². The molecule has 1 atom stereocenters. The molecule has 1 aliphatic rings. The molecule has 29 heavy (non-hydrogen) atoms. The van der Waals surface area contributed by atoms with Crippen LogP contribution in [0.25, 0.3) is 0 Å². The van der Waals surface area contributed by atoms with Crippen molar-refractivity contribution in [3.8, 4) is 0 Å². The van der Waals surface area contributed by atoms with Gasteiger partial charge in [0.1, 0.15) is 0 Å². The smallest absolute Gasteiger partial charge is 0.293 e. The predicted molar refractivity (Wildman–Crippen MR) is 106 cm³/mol. The zero-order chi connectivity index (χ0) is 20.4. The molecule has 2 nitrogen and oxygen atoms in total. The van der Waals surface area contributed by atoms with Crippen molar-refractivity contribution in [3.05, 3.63) is 107 Å². The Balaban J connectivity index is 1.68. The Morgan fingerprint density at radius 3 is 2.24 bits per heavy atom. The average molecular weight is 395 g/mol. The van der Waals surface area contributed by atoms with Gasteiger partial charge in [-0.3, -0.25) is 9.69 Å². The van der Waals surface area contributed by atoms with Gasteiger partial charge in [-0.1, -0.05) is 66.7 Å². The Bertz CT molecular complexity index is 997. The maximum atomic E-state index is 13.0. The largest absolute Gasteiger partial charge is 0.416 e. The minimum absolute atomic E-state index is 0.00175. The first-order valence-electron chi connectivity index (χ1n) is 9.51. The topological polar surface area (TPSA) is 20.3 Å². The molecule has 0 aliphatic carbocycles. The van der Waals surface area contributed by atoms with Crippen LogP contribution in [-0.4, -0.2) is 23.8 Å². The molecule has 4 rings (SSSR count). The number of benzene rings is 3. The van der Waals surface area contributed by atoms with Gasteiger partial charge in [-0.25, -0.2) is 0 Å². The number of rotatable bonds is 4. The number of hydrogen-bond donors (Lipinski definition) is 0. The number of ketones is 1. The molecule has 0 N–H and O–H groups in total. The lowest BCUT2D eigenvalue weighted by Crippen LogP contribution is -2.39. The van der Waals surface area contributed by atoms with Crippen molar-refractivity contribution in [3.63, 3.8) is 0 Å². The van der Waals surface area contributed by atoms with Crippen molar-refractivity contribution in [2.24, 2.45) is 0 Å². The molecule has 0 bridgehead atoms. The molecule has 0 spiro atoms. The fraction of sp³-hybridized carbons (Fsp3) is 0.208. The van der Waals surface area contributed by atoms with Crippen LogP contribution in [0.5, 0.6) is 0 Å². The van der Waals surface area contributed by atoms with Crippen LogP contribution in [0.1, 0.15) is 38.7 Å². The molecule has 1 heterocycles. The highest BCUT2D eigenvalue weighted by Crippen LogP contribution is 2.37. The summed E-state index contributed by atoms with van der Waals surface area (Å²) in [7, 11) is 0. The first kappa shape index (κ1) is 19.4. The Hall–Kier alpha value is -2.92. The van der Waals surface area contributed by atoms with E-state index in [1.54, 1.807) is 12.1 Å². The van der Waals surface area contributed by atoms with Crippen LogP contribution >= 0.6 is 0 Å². The van der Waals surface area contributed by atoms with Gasteiger partial charge in [-0.05, 0) is 35.2 Å². The summed E-state index contributed by atoms with van der Waals surface area (Å²) in [5.74, 6) is 0.00175. The van der Waals surface area contributed by atoms with E-state index in [1.807, 2.05) is 42.5 Å². The zero-order valence-corrected chi connectivity index (χ0v) is 15.7. The van der Waals surface area contributed by atoms with Crippen molar-refractivity contribution in [2.75, 3.05) is 13.1 Å². The first-order chi connectivity index (χ1) is 13.9. The molecule has 3 aromatic rings. The minimum atomic E-state index is -4.37. The second kappa shape index (κ2) is 7.84. The number of hydrogen-bond acceptors (Lipinski definition) is 2. The molecule has 1 aliphatic heterocycles. The number of Topliss-reactive ketones (excluding diaryl/α,β-unsaturated/α-hetero) is 1. The molecule has 3 aromatic carbocycles. The number of carbonyl (C=O) groups excluding carboxylic acids is 1. The molecule has 0 aromatic heterocycles. The van der Waals surface area contributed by atoms with E-state index in [-0.39, 0.29) is 18.4 Å². The lowest BCUT2D eigenvalue weighted by molar-refractivity contribution is -0.137. The monoisotopic (exact) mass is 395 g/mol. The number of carbonyl (C=O) groups is 1. The van der Waals surface area contributed by atoms with Crippen LogP contribution in [0.4, 0.5) is 13.2 Å². The van der Waals surface area contributed by atoms with Crippen LogP contribution in [-0.2, 0) is 12.6 Å². The number of halogens is 3. The average Bonchev–Trinajstić information content (AvgIpc) is 2.73. The SMILES string of the molecule is O=C(CN1CCc2ccccc2C1c1ccc(C(F)(F)F)cc1)c1ccccc1. The second-order valence-corrected chi connectivity index (χ2v) is 7.23. The lowest BCUT2D eigenvalue weighted by atomic mass is 9.87. The standard InChI is InChI=1S/C24H20F3NO/c25-24(26,27)20-12-10-19(11-13-20)23-21-9-5-4-6-17(21)14-15-28(23)16-22(29)18-7-2-1-3-8-18/h1-13,23H,14-16H2. The summed E-state index contributed by atoms with van der Waals surface area (Å²) in [6, 6.07) is 22.0. The summed E-state index contributed by atoms with van der Waals surface area (Å²) in [5.41, 5.74) is 2.93. The Morgan fingerprint density at radius 2 is 1.55 bits per heavy atom. The van der Waals surface area contributed by atoms with Crippen LogP contribution in [0, 0.1) is 0 Å². The molecule has 148 valence electrons. The third kappa shape index (κ3) is 4.10. The molecule has 5 heteroatoms. The summed E-state index contributed by atoms with van der Waals surface area (Å²) in [5, 5.41) is 0. The van der Waals surface area contributed by atoms with Gasteiger partial charge in [-0.2, -0.15) is 13.2 Å². The van der Waals surface area contributed by atoms with Crippen molar-refractivity contribution < 1.29 is 18.0 Å². The van der Waals surface area contributed by atoms with Crippen LogP contribution in [0.3, 0.4) is 0 Å². The summed E-state index contributed by atoms with van der Waals surface area (Å²) in [6.07, 6.45) is -3.57. The van der Waals surface area contributed by atoms with Gasteiger partial charge in [0.25, 0.3) is 0 Å². The van der Waals surface area contributed by atoms with E-state index in [0.717, 1.165) is 29.7 Å². The van der Waals surface area contributed by atoms with E-state index in [4.69, 9.17) is 0 Å². The Kier molecular flexibility index (Phi) is 5.24. The van der Waals surface area contributed by atoms with E-state index < -0.39 is 11.7 Å². The van der Waals surface area contributed by atoms with Crippen LogP contribution in [0.15, 0.2) is 78.9 Å². The van der Waals surface area contributed by atoms with Crippen molar-refractivity contribution >= 4 is 5.78 Å². The summed E-state index contributed by atoms with van der Waals surface area (Å²) < 4.78 is 38.9. The van der Waals surface area contributed by atoms with Crippen LogP contribution < -0.4 is 0 Å². The maximum Gasteiger partial charge on any atom is 0.416 e. The molecule has 0 saturated heterocycles. The third-order valence-corrected chi connectivity index (χ3v) is 5.38. The molecule has 1 unspecified atom stereocenters. The van der Waals surface area contributed by atoms with E-state index in [0.29, 0.717) is 12.1 Å².